The van der Waals surface area contributed by atoms with Gasteiger partial charge in [-0.1, -0.05) is 24.6 Å². The average Bonchev–Trinajstić information content (AvgIpc) is 2.06. The number of rotatable bonds is 2. The number of nitrogens with two attached hydrogens (primary N) is 1. The summed E-state index contributed by atoms with van der Waals surface area (Å²) < 4.78 is 0. The number of aliphatic hydroxyl groups is 1. The standard InChI is InChI=1S/C12H17NO/c1-8-4-2-7-10(11(8)13)12(14)9-5-3-6-9/h2,4,7,9,12,14H,3,5-6,13H2,1H3. The lowest BCUT2D eigenvalue weighted by atomic mass is 9.78. The van der Waals surface area contributed by atoms with Crippen molar-refractivity contribution in [2.45, 2.75) is 32.3 Å². The van der Waals surface area contributed by atoms with E-state index in [0.717, 1.165) is 29.7 Å². The molecule has 1 aliphatic rings. The molecule has 2 heteroatoms. The highest BCUT2D eigenvalue weighted by Gasteiger charge is 2.27. The summed E-state index contributed by atoms with van der Waals surface area (Å²) in [6.07, 6.45) is 3.15. The van der Waals surface area contributed by atoms with Gasteiger partial charge in [0, 0.05) is 11.3 Å². The van der Waals surface area contributed by atoms with Crippen molar-refractivity contribution < 1.29 is 5.11 Å². The van der Waals surface area contributed by atoms with Crippen LogP contribution in [0.25, 0.3) is 0 Å². The number of aliphatic hydroxyl groups excluding tert-OH is 1. The average molecular weight is 191 g/mol. The highest BCUT2D eigenvalue weighted by molar-refractivity contribution is 5.54. The second-order valence-corrected chi connectivity index (χ2v) is 4.21. The Labute approximate surface area is 84.7 Å². The minimum absolute atomic E-state index is 0.358. The molecule has 2 nitrogen and oxygen atoms in total. The van der Waals surface area contributed by atoms with Crippen LogP contribution in [0.3, 0.4) is 0 Å². The summed E-state index contributed by atoms with van der Waals surface area (Å²) in [5, 5.41) is 10.1. The molecular weight excluding hydrogens is 174 g/mol. The van der Waals surface area contributed by atoms with Gasteiger partial charge in [-0.05, 0) is 31.2 Å². The van der Waals surface area contributed by atoms with Gasteiger partial charge in [-0.15, -0.1) is 0 Å². The van der Waals surface area contributed by atoms with E-state index >= 15 is 0 Å². The molecule has 14 heavy (non-hydrogen) atoms. The fourth-order valence-electron chi connectivity index (χ4n) is 1.97. The molecule has 0 radical (unpaired) electrons. The van der Waals surface area contributed by atoms with E-state index < -0.39 is 0 Å². The monoisotopic (exact) mass is 191 g/mol. The van der Waals surface area contributed by atoms with Crippen molar-refractivity contribution in [1.82, 2.24) is 0 Å². The van der Waals surface area contributed by atoms with Crippen molar-refractivity contribution in [3.8, 4) is 0 Å². The Morgan fingerprint density at radius 1 is 1.43 bits per heavy atom. The summed E-state index contributed by atoms with van der Waals surface area (Å²) in [6.45, 7) is 1.98. The zero-order valence-corrected chi connectivity index (χ0v) is 8.53. The van der Waals surface area contributed by atoms with Gasteiger partial charge in [0.1, 0.15) is 0 Å². The van der Waals surface area contributed by atoms with Gasteiger partial charge in [-0.25, -0.2) is 0 Å². The third-order valence-electron chi connectivity index (χ3n) is 3.27. The number of anilines is 1. The maximum Gasteiger partial charge on any atom is 0.0838 e. The molecule has 0 spiro atoms. The third kappa shape index (κ3) is 1.50. The Balaban J connectivity index is 2.26. The van der Waals surface area contributed by atoms with Gasteiger partial charge >= 0.3 is 0 Å². The molecule has 76 valence electrons. The summed E-state index contributed by atoms with van der Waals surface area (Å²) >= 11 is 0. The minimum Gasteiger partial charge on any atom is -0.398 e. The number of nitrogen functional groups attached to an aromatic ring is 1. The van der Waals surface area contributed by atoms with Gasteiger partial charge in [-0.3, -0.25) is 0 Å². The van der Waals surface area contributed by atoms with Crippen molar-refractivity contribution in [1.29, 1.82) is 0 Å². The van der Waals surface area contributed by atoms with E-state index in [2.05, 4.69) is 0 Å². The fourth-order valence-corrected chi connectivity index (χ4v) is 1.97. The summed E-state index contributed by atoms with van der Waals surface area (Å²) in [5.74, 6) is 0.430. The lowest BCUT2D eigenvalue weighted by Crippen LogP contribution is -2.21. The number of benzene rings is 1. The molecule has 0 heterocycles. The molecule has 0 aromatic heterocycles. The van der Waals surface area contributed by atoms with Crippen LogP contribution in [0, 0.1) is 12.8 Å². The zero-order chi connectivity index (χ0) is 10.1. The van der Waals surface area contributed by atoms with Crippen molar-refractivity contribution >= 4 is 5.69 Å². The first kappa shape index (κ1) is 9.53. The van der Waals surface area contributed by atoms with Crippen molar-refractivity contribution in [2.24, 2.45) is 5.92 Å². The van der Waals surface area contributed by atoms with E-state index in [9.17, 15) is 5.11 Å². The van der Waals surface area contributed by atoms with Crippen LogP contribution in [0.15, 0.2) is 18.2 Å². The number of para-hydroxylation sites is 1. The van der Waals surface area contributed by atoms with Gasteiger partial charge < -0.3 is 10.8 Å². The maximum absolute atomic E-state index is 10.1. The van der Waals surface area contributed by atoms with Crippen LogP contribution < -0.4 is 5.73 Å². The molecule has 0 saturated heterocycles. The molecule has 1 fully saturated rings. The predicted molar refractivity (Wildman–Crippen MR) is 57.9 cm³/mol. The van der Waals surface area contributed by atoms with Gasteiger partial charge in [-0.2, -0.15) is 0 Å². The van der Waals surface area contributed by atoms with Crippen LogP contribution in [0.5, 0.6) is 0 Å². The van der Waals surface area contributed by atoms with Gasteiger partial charge in [0.05, 0.1) is 6.10 Å². The molecule has 2 rings (SSSR count). The van der Waals surface area contributed by atoms with Gasteiger partial charge in [0.15, 0.2) is 0 Å². The summed E-state index contributed by atoms with van der Waals surface area (Å²) in [7, 11) is 0. The van der Waals surface area contributed by atoms with Crippen molar-refractivity contribution in [3.05, 3.63) is 29.3 Å². The van der Waals surface area contributed by atoms with Crippen LogP contribution in [-0.2, 0) is 0 Å². The van der Waals surface area contributed by atoms with Crippen LogP contribution in [-0.4, -0.2) is 5.11 Å². The topological polar surface area (TPSA) is 46.2 Å². The molecule has 0 bridgehead atoms. The van der Waals surface area contributed by atoms with E-state index in [1.165, 1.54) is 6.42 Å². The van der Waals surface area contributed by atoms with E-state index in [1.807, 2.05) is 25.1 Å². The van der Waals surface area contributed by atoms with Crippen LogP contribution in [0.2, 0.25) is 0 Å². The quantitative estimate of drug-likeness (QED) is 0.705. The molecule has 0 amide bonds. The number of hydrogen-bond acceptors (Lipinski definition) is 2. The molecule has 1 saturated carbocycles. The Kier molecular flexibility index (Phi) is 2.46. The Morgan fingerprint density at radius 3 is 2.71 bits per heavy atom. The molecule has 1 unspecified atom stereocenters. The second-order valence-electron chi connectivity index (χ2n) is 4.21. The summed E-state index contributed by atoms with van der Waals surface area (Å²) in [6, 6.07) is 5.88. The Morgan fingerprint density at radius 2 is 2.14 bits per heavy atom. The highest BCUT2D eigenvalue weighted by atomic mass is 16.3. The predicted octanol–water partition coefficient (Wildman–Crippen LogP) is 2.41. The number of hydrogen-bond donors (Lipinski definition) is 2. The molecule has 1 aromatic carbocycles. The smallest absolute Gasteiger partial charge is 0.0838 e. The first-order chi connectivity index (χ1) is 6.70. The van der Waals surface area contributed by atoms with Crippen LogP contribution >= 0.6 is 0 Å². The molecule has 1 atom stereocenters. The molecular formula is C12H17NO. The second kappa shape index (κ2) is 3.62. The normalized spacial score (nSPS) is 19.0. The van der Waals surface area contributed by atoms with E-state index in [4.69, 9.17) is 5.73 Å². The van der Waals surface area contributed by atoms with E-state index in [-0.39, 0.29) is 6.10 Å². The van der Waals surface area contributed by atoms with E-state index in [1.54, 1.807) is 0 Å². The largest absolute Gasteiger partial charge is 0.398 e. The highest BCUT2D eigenvalue weighted by Crippen LogP contribution is 2.39. The zero-order valence-electron chi connectivity index (χ0n) is 8.53. The molecule has 3 N–H and O–H groups in total. The third-order valence-corrected chi connectivity index (χ3v) is 3.27. The first-order valence-corrected chi connectivity index (χ1v) is 5.23. The first-order valence-electron chi connectivity index (χ1n) is 5.23. The Bertz CT molecular complexity index is 331. The maximum atomic E-state index is 10.1. The lowest BCUT2D eigenvalue weighted by molar-refractivity contribution is 0.0626. The van der Waals surface area contributed by atoms with Crippen molar-refractivity contribution in [2.75, 3.05) is 5.73 Å². The Hall–Kier alpha value is -1.02. The van der Waals surface area contributed by atoms with E-state index in [0.29, 0.717) is 5.92 Å². The minimum atomic E-state index is -0.358. The molecule has 1 aromatic rings. The summed E-state index contributed by atoms with van der Waals surface area (Å²) in [5.41, 5.74) is 8.66. The van der Waals surface area contributed by atoms with Crippen LogP contribution in [0.1, 0.15) is 36.5 Å². The van der Waals surface area contributed by atoms with Gasteiger partial charge in [0.2, 0.25) is 0 Å². The van der Waals surface area contributed by atoms with Crippen LogP contribution in [0.4, 0.5) is 5.69 Å². The molecule has 1 aliphatic carbocycles. The molecule has 0 aliphatic heterocycles. The fraction of sp³-hybridized carbons (Fsp3) is 0.500. The number of aryl methyl sites for hydroxylation is 1. The van der Waals surface area contributed by atoms with Crippen molar-refractivity contribution in [3.63, 3.8) is 0 Å². The van der Waals surface area contributed by atoms with Gasteiger partial charge in [0.25, 0.3) is 0 Å². The SMILES string of the molecule is Cc1cccc(C(O)C2CCC2)c1N. The summed E-state index contributed by atoms with van der Waals surface area (Å²) in [4.78, 5) is 0. The lowest BCUT2D eigenvalue weighted by Gasteiger charge is -2.31.